The van der Waals surface area contributed by atoms with Gasteiger partial charge in [0.2, 0.25) is 0 Å². The second-order valence-corrected chi connectivity index (χ2v) is 4.56. The molecule has 1 aromatic rings. The molecule has 3 heteroatoms. The first-order valence-corrected chi connectivity index (χ1v) is 5.81. The summed E-state index contributed by atoms with van der Waals surface area (Å²) >= 11 is 0. The smallest absolute Gasteiger partial charge is 0.126 e. The van der Waals surface area contributed by atoms with Gasteiger partial charge in [0.25, 0.3) is 0 Å². The first-order chi connectivity index (χ1) is 7.70. The quantitative estimate of drug-likeness (QED) is 0.833. The Balaban J connectivity index is 2.21. The van der Waals surface area contributed by atoms with Crippen LogP contribution in [-0.2, 0) is 0 Å². The molecule has 0 bridgehead atoms. The molecule has 0 amide bonds. The van der Waals surface area contributed by atoms with E-state index in [4.69, 9.17) is 0 Å². The third-order valence-corrected chi connectivity index (χ3v) is 3.44. The molecule has 16 heavy (non-hydrogen) atoms. The van der Waals surface area contributed by atoms with Crippen LogP contribution in [0.5, 0.6) is 0 Å². The molecular formula is C13H17F2N. The van der Waals surface area contributed by atoms with Crippen LogP contribution in [-0.4, -0.2) is 13.6 Å². The molecule has 2 unspecified atom stereocenters. The molecule has 2 rings (SSSR count). The number of nitrogens with one attached hydrogen (secondary N) is 1. The van der Waals surface area contributed by atoms with Gasteiger partial charge >= 0.3 is 0 Å². The molecule has 88 valence electrons. The topological polar surface area (TPSA) is 12.0 Å². The average molecular weight is 225 g/mol. The van der Waals surface area contributed by atoms with E-state index in [1.54, 1.807) is 0 Å². The molecule has 1 N–H and O–H groups in total. The molecule has 0 saturated heterocycles. The molecule has 1 aromatic carbocycles. The summed E-state index contributed by atoms with van der Waals surface area (Å²) in [6.07, 6.45) is 3.33. The minimum absolute atomic E-state index is 0.303. The molecule has 1 fully saturated rings. The van der Waals surface area contributed by atoms with E-state index in [9.17, 15) is 8.78 Å². The van der Waals surface area contributed by atoms with Gasteiger partial charge in [-0.2, -0.15) is 0 Å². The SMILES string of the molecule is CNCC1CCCC1c1cc(F)cc(F)c1. The fourth-order valence-corrected chi connectivity index (χ4v) is 2.77. The second kappa shape index (κ2) is 4.91. The highest BCUT2D eigenvalue weighted by Crippen LogP contribution is 2.39. The Morgan fingerprint density at radius 1 is 1.19 bits per heavy atom. The van der Waals surface area contributed by atoms with Gasteiger partial charge in [-0.1, -0.05) is 6.42 Å². The van der Waals surface area contributed by atoms with Crippen molar-refractivity contribution in [3.8, 4) is 0 Å². The summed E-state index contributed by atoms with van der Waals surface area (Å²) in [5.74, 6) is -0.126. The molecule has 1 aliphatic carbocycles. The van der Waals surface area contributed by atoms with Crippen LogP contribution >= 0.6 is 0 Å². The lowest BCUT2D eigenvalue weighted by molar-refractivity contribution is 0.458. The molecule has 1 nitrogen and oxygen atoms in total. The van der Waals surface area contributed by atoms with Crippen LogP contribution in [0.2, 0.25) is 0 Å². The Morgan fingerprint density at radius 3 is 2.50 bits per heavy atom. The van der Waals surface area contributed by atoms with Crippen molar-refractivity contribution in [1.29, 1.82) is 0 Å². The summed E-state index contributed by atoms with van der Waals surface area (Å²) in [5.41, 5.74) is 0.815. The highest BCUT2D eigenvalue weighted by Gasteiger charge is 2.28. The maximum atomic E-state index is 13.1. The van der Waals surface area contributed by atoms with Gasteiger partial charge in [-0.15, -0.1) is 0 Å². The fraction of sp³-hybridized carbons (Fsp3) is 0.538. The van der Waals surface area contributed by atoms with Crippen molar-refractivity contribution in [3.05, 3.63) is 35.4 Å². The van der Waals surface area contributed by atoms with Gasteiger partial charge in [-0.05, 0) is 56.0 Å². The third kappa shape index (κ3) is 2.40. The van der Waals surface area contributed by atoms with Crippen molar-refractivity contribution >= 4 is 0 Å². The predicted octanol–water partition coefficient (Wildman–Crippen LogP) is 3.07. The molecule has 2 atom stereocenters. The summed E-state index contributed by atoms with van der Waals surface area (Å²) in [6.45, 7) is 0.919. The molecule has 0 aliphatic heterocycles. The summed E-state index contributed by atoms with van der Waals surface area (Å²) in [7, 11) is 1.92. The van der Waals surface area contributed by atoms with Crippen molar-refractivity contribution in [3.63, 3.8) is 0 Å². The number of benzene rings is 1. The Labute approximate surface area is 94.9 Å². The van der Waals surface area contributed by atoms with E-state index in [0.29, 0.717) is 11.8 Å². The van der Waals surface area contributed by atoms with E-state index >= 15 is 0 Å². The molecule has 0 radical (unpaired) electrons. The first kappa shape index (κ1) is 11.5. The van der Waals surface area contributed by atoms with Gasteiger partial charge < -0.3 is 5.32 Å². The van der Waals surface area contributed by atoms with Gasteiger partial charge in [0, 0.05) is 6.07 Å². The molecule has 0 aromatic heterocycles. The van der Waals surface area contributed by atoms with Crippen LogP contribution in [0, 0.1) is 17.6 Å². The lowest BCUT2D eigenvalue weighted by Gasteiger charge is -2.19. The highest BCUT2D eigenvalue weighted by molar-refractivity contribution is 5.23. The summed E-state index contributed by atoms with van der Waals surface area (Å²) in [6, 6.07) is 3.88. The Hall–Kier alpha value is -0.960. The fourth-order valence-electron chi connectivity index (χ4n) is 2.77. The zero-order valence-corrected chi connectivity index (χ0v) is 9.47. The Morgan fingerprint density at radius 2 is 1.88 bits per heavy atom. The zero-order valence-electron chi connectivity index (χ0n) is 9.47. The molecular weight excluding hydrogens is 208 g/mol. The molecule has 1 aliphatic rings. The lowest BCUT2D eigenvalue weighted by Crippen LogP contribution is -2.21. The van der Waals surface area contributed by atoms with Gasteiger partial charge in [-0.3, -0.25) is 0 Å². The average Bonchev–Trinajstić information content (AvgIpc) is 2.65. The monoisotopic (exact) mass is 225 g/mol. The Kier molecular flexibility index (Phi) is 3.54. The number of hydrogen-bond acceptors (Lipinski definition) is 1. The maximum Gasteiger partial charge on any atom is 0.126 e. The van der Waals surface area contributed by atoms with Crippen molar-refractivity contribution < 1.29 is 8.78 Å². The van der Waals surface area contributed by atoms with E-state index in [-0.39, 0.29) is 0 Å². The summed E-state index contributed by atoms with van der Waals surface area (Å²) < 4.78 is 26.3. The molecule has 0 spiro atoms. The largest absolute Gasteiger partial charge is 0.319 e. The Bertz CT molecular complexity index is 345. The number of rotatable bonds is 3. The second-order valence-electron chi connectivity index (χ2n) is 4.56. The van der Waals surface area contributed by atoms with Crippen LogP contribution in [0.1, 0.15) is 30.7 Å². The minimum atomic E-state index is -0.467. The molecule has 0 heterocycles. The summed E-state index contributed by atoms with van der Waals surface area (Å²) in [4.78, 5) is 0. The van der Waals surface area contributed by atoms with Gasteiger partial charge in [-0.25, -0.2) is 8.78 Å². The standard InChI is InChI=1S/C13H17F2N/c1-16-8-9-3-2-4-13(9)10-5-11(14)7-12(15)6-10/h5-7,9,13,16H,2-4,8H2,1H3. The van der Waals surface area contributed by atoms with Crippen LogP contribution in [0.4, 0.5) is 8.78 Å². The van der Waals surface area contributed by atoms with Gasteiger partial charge in [0.1, 0.15) is 11.6 Å². The summed E-state index contributed by atoms with van der Waals surface area (Å²) in [5, 5.41) is 3.15. The first-order valence-electron chi connectivity index (χ1n) is 5.81. The van der Waals surface area contributed by atoms with Crippen molar-refractivity contribution in [2.24, 2.45) is 5.92 Å². The van der Waals surface area contributed by atoms with E-state index in [1.165, 1.54) is 12.1 Å². The zero-order chi connectivity index (χ0) is 11.5. The van der Waals surface area contributed by atoms with E-state index in [2.05, 4.69) is 5.32 Å². The van der Waals surface area contributed by atoms with Crippen molar-refractivity contribution in [2.45, 2.75) is 25.2 Å². The van der Waals surface area contributed by atoms with Crippen LogP contribution in [0.15, 0.2) is 18.2 Å². The minimum Gasteiger partial charge on any atom is -0.319 e. The van der Waals surface area contributed by atoms with E-state index in [0.717, 1.165) is 37.4 Å². The van der Waals surface area contributed by atoms with Crippen molar-refractivity contribution in [1.82, 2.24) is 5.32 Å². The van der Waals surface area contributed by atoms with Crippen LogP contribution < -0.4 is 5.32 Å². The maximum absolute atomic E-state index is 13.1. The number of hydrogen-bond donors (Lipinski definition) is 1. The van der Waals surface area contributed by atoms with Gasteiger partial charge in [0.15, 0.2) is 0 Å². The highest BCUT2D eigenvalue weighted by atomic mass is 19.1. The molecule has 1 saturated carbocycles. The van der Waals surface area contributed by atoms with Crippen LogP contribution in [0.25, 0.3) is 0 Å². The van der Waals surface area contributed by atoms with Gasteiger partial charge in [0.05, 0.1) is 0 Å². The van der Waals surface area contributed by atoms with E-state index in [1.807, 2.05) is 7.05 Å². The van der Waals surface area contributed by atoms with Crippen molar-refractivity contribution in [2.75, 3.05) is 13.6 Å². The number of halogens is 2. The van der Waals surface area contributed by atoms with E-state index < -0.39 is 11.6 Å². The lowest BCUT2D eigenvalue weighted by atomic mass is 9.89. The normalized spacial score (nSPS) is 24.9. The van der Waals surface area contributed by atoms with Crippen LogP contribution in [0.3, 0.4) is 0 Å². The predicted molar refractivity (Wildman–Crippen MR) is 60.4 cm³/mol. The third-order valence-electron chi connectivity index (χ3n) is 3.44.